The number of amides is 4. The van der Waals surface area contributed by atoms with Crippen molar-refractivity contribution in [2.24, 2.45) is 5.92 Å². The summed E-state index contributed by atoms with van der Waals surface area (Å²) in [4.78, 5) is 68.0. The molecule has 2 aliphatic rings. The number of hydrogen-bond acceptors (Lipinski definition) is 7. The lowest BCUT2D eigenvalue weighted by molar-refractivity contribution is -0.150. The van der Waals surface area contributed by atoms with Crippen LogP contribution < -0.4 is 16.0 Å². The summed E-state index contributed by atoms with van der Waals surface area (Å²) >= 11 is 0. The predicted molar refractivity (Wildman–Crippen MR) is 177 cm³/mol. The van der Waals surface area contributed by atoms with Gasteiger partial charge in [-0.15, -0.1) is 13.2 Å². The van der Waals surface area contributed by atoms with Crippen molar-refractivity contribution in [2.75, 3.05) is 13.2 Å². The molecule has 4 amide bonds. The normalized spacial score (nSPS) is 23.4. The fourth-order valence-corrected chi connectivity index (χ4v) is 6.48. The second kappa shape index (κ2) is 16.4. The van der Waals surface area contributed by atoms with Crippen LogP contribution in [0.5, 0.6) is 0 Å². The molecule has 1 heterocycles. The molecule has 1 saturated carbocycles. The quantitative estimate of drug-likeness (QED) is 0.0915. The van der Waals surface area contributed by atoms with Gasteiger partial charge in [0.1, 0.15) is 23.2 Å². The molecule has 1 aliphatic heterocycles. The minimum Gasteiger partial charge on any atom is -0.464 e. The Morgan fingerprint density at radius 3 is 2.33 bits per heavy atom. The molecule has 0 aromatic heterocycles. The van der Waals surface area contributed by atoms with E-state index in [9.17, 15) is 24.0 Å². The minimum atomic E-state index is -1.45. The maximum atomic E-state index is 14.2. The van der Waals surface area contributed by atoms with Gasteiger partial charge in [0.05, 0.1) is 6.61 Å². The maximum absolute atomic E-state index is 14.2. The van der Waals surface area contributed by atoms with Gasteiger partial charge in [-0.1, -0.05) is 44.6 Å². The topological polar surface area (TPSA) is 143 Å². The smallest absolute Gasteiger partial charge is 0.408 e. The molecule has 12 heteroatoms. The Morgan fingerprint density at radius 2 is 1.78 bits per heavy atom. The number of hydrogen-bond donors (Lipinski definition) is 3. The highest BCUT2D eigenvalue weighted by atomic mass is 28.3. The van der Waals surface area contributed by atoms with Gasteiger partial charge in [-0.05, 0) is 65.8 Å². The van der Waals surface area contributed by atoms with Gasteiger partial charge in [0.25, 0.3) is 0 Å². The van der Waals surface area contributed by atoms with Crippen LogP contribution in [0.3, 0.4) is 0 Å². The fourth-order valence-electron chi connectivity index (χ4n) is 5.51. The van der Waals surface area contributed by atoms with Crippen LogP contribution in [0.4, 0.5) is 4.79 Å². The molecule has 5 atom stereocenters. The molecule has 45 heavy (non-hydrogen) atoms. The highest BCUT2D eigenvalue weighted by molar-refractivity contribution is 6.76. The lowest BCUT2D eigenvalue weighted by atomic mass is 10.0. The standard InChI is InChI=1S/C33H56N4O7Si/c1-10-13-14-15-16-17-25(35-31(42)44-32(4,5)6)29(40)37-22-24(34-27(38)18-19-45(7,8)9)20-26(37)28(39)36-33(21-23(33)11-2)30(41)43-12-3/h10-11,23-26H,1-2,12-22H2,3-9H3,(H,34,38)(H,35,42)(H,36,39)/t23?,24-,25+,26?,33?/m1/s1. The monoisotopic (exact) mass is 648 g/mol. The number of carbonyl (C=O) groups is 5. The summed E-state index contributed by atoms with van der Waals surface area (Å²) < 4.78 is 10.7. The van der Waals surface area contributed by atoms with Crippen LogP contribution in [0.15, 0.2) is 25.3 Å². The number of ether oxygens (including phenoxy) is 2. The molecule has 0 aromatic rings. The summed E-state index contributed by atoms with van der Waals surface area (Å²) in [7, 11) is -1.45. The minimum absolute atomic E-state index is 0.0931. The predicted octanol–water partition coefficient (Wildman–Crippen LogP) is 4.45. The van der Waals surface area contributed by atoms with Crippen molar-refractivity contribution in [3.8, 4) is 0 Å². The van der Waals surface area contributed by atoms with Gasteiger partial charge in [-0.25, -0.2) is 9.59 Å². The Bertz CT molecular complexity index is 1100. The maximum Gasteiger partial charge on any atom is 0.408 e. The van der Waals surface area contributed by atoms with E-state index in [-0.39, 0.29) is 31.4 Å². The molecule has 1 saturated heterocycles. The first-order valence-corrected chi connectivity index (χ1v) is 20.0. The summed E-state index contributed by atoms with van der Waals surface area (Å²) in [6.45, 7) is 21.3. The van der Waals surface area contributed by atoms with Gasteiger partial charge in [0.15, 0.2) is 0 Å². The molecule has 0 aromatic carbocycles. The number of nitrogens with one attached hydrogen (secondary N) is 3. The summed E-state index contributed by atoms with van der Waals surface area (Å²) in [5.41, 5.74) is -2.00. The summed E-state index contributed by atoms with van der Waals surface area (Å²) in [5, 5.41) is 8.62. The first-order chi connectivity index (χ1) is 21.0. The summed E-state index contributed by atoms with van der Waals surface area (Å²) in [6, 6.07) is -1.57. The average Bonchev–Trinajstić information content (AvgIpc) is 3.49. The zero-order chi connectivity index (χ0) is 34.0. The Kier molecular flexibility index (Phi) is 13.9. The van der Waals surface area contributed by atoms with Crippen molar-refractivity contribution in [1.29, 1.82) is 0 Å². The lowest BCUT2D eigenvalue weighted by Gasteiger charge is -2.30. The van der Waals surface area contributed by atoms with Crippen molar-refractivity contribution < 1.29 is 33.4 Å². The highest BCUT2D eigenvalue weighted by Crippen LogP contribution is 2.45. The van der Waals surface area contributed by atoms with E-state index in [1.54, 1.807) is 33.8 Å². The van der Waals surface area contributed by atoms with Crippen LogP contribution in [0.1, 0.15) is 79.1 Å². The second-order valence-electron chi connectivity index (χ2n) is 14.4. The van der Waals surface area contributed by atoms with Gasteiger partial charge < -0.3 is 30.3 Å². The van der Waals surface area contributed by atoms with E-state index in [4.69, 9.17) is 9.47 Å². The first-order valence-electron chi connectivity index (χ1n) is 16.3. The second-order valence-corrected chi connectivity index (χ2v) is 20.0. The van der Waals surface area contributed by atoms with Crippen molar-refractivity contribution in [3.05, 3.63) is 25.3 Å². The number of alkyl carbamates (subject to hydrolysis) is 1. The van der Waals surface area contributed by atoms with Crippen LogP contribution in [-0.4, -0.2) is 85.2 Å². The average molecular weight is 649 g/mol. The van der Waals surface area contributed by atoms with Crippen molar-refractivity contribution in [3.63, 3.8) is 0 Å². The third-order valence-corrected chi connectivity index (χ3v) is 9.78. The number of esters is 1. The van der Waals surface area contributed by atoms with Crippen LogP contribution in [0.2, 0.25) is 25.7 Å². The Hall–Kier alpha value is -3.15. The number of unbranched alkanes of at least 4 members (excludes halogenated alkanes) is 3. The summed E-state index contributed by atoms with van der Waals surface area (Å²) in [5.74, 6) is -1.91. The van der Waals surface area contributed by atoms with Gasteiger partial charge >= 0.3 is 12.1 Å². The van der Waals surface area contributed by atoms with E-state index >= 15 is 0 Å². The van der Waals surface area contributed by atoms with E-state index in [1.807, 2.05) is 6.08 Å². The van der Waals surface area contributed by atoms with E-state index in [0.29, 0.717) is 25.7 Å². The number of rotatable bonds is 17. The first kappa shape index (κ1) is 38.0. The van der Waals surface area contributed by atoms with E-state index < -0.39 is 61.2 Å². The third-order valence-electron chi connectivity index (χ3n) is 8.03. The molecule has 2 fully saturated rings. The Labute approximate surface area is 270 Å². The van der Waals surface area contributed by atoms with Crippen LogP contribution in [-0.2, 0) is 28.7 Å². The molecule has 11 nitrogen and oxygen atoms in total. The van der Waals surface area contributed by atoms with Crippen LogP contribution in [0.25, 0.3) is 0 Å². The summed E-state index contributed by atoms with van der Waals surface area (Å²) in [6.07, 6.45) is 7.21. The third kappa shape index (κ3) is 11.9. The van der Waals surface area contributed by atoms with Crippen molar-refractivity contribution >= 4 is 37.9 Å². The Morgan fingerprint density at radius 1 is 1.09 bits per heavy atom. The number of allylic oxidation sites excluding steroid dienone is 1. The lowest BCUT2D eigenvalue weighted by Crippen LogP contribution is -2.56. The van der Waals surface area contributed by atoms with E-state index in [1.165, 1.54) is 4.90 Å². The number of carbonyl (C=O) groups excluding carboxylic acids is 5. The van der Waals surface area contributed by atoms with Gasteiger partial charge in [-0.3, -0.25) is 14.4 Å². The Balaban J connectivity index is 2.32. The van der Waals surface area contributed by atoms with Crippen LogP contribution in [0, 0.1) is 5.92 Å². The number of likely N-dealkylation sites (tertiary alicyclic amines) is 1. The highest BCUT2D eigenvalue weighted by Gasteiger charge is 2.62. The van der Waals surface area contributed by atoms with Gasteiger partial charge in [0, 0.05) is 33.0 Å². The molecular formula is C33H56N4O7Si. The van der Waals surface area contributed by atoms with Crippen molar-refractivity contribution in [2.45, 2.75) is 134 Å². The SMILES string of the molecule is C=CCCCCC[C@H](NC(=O)OC(C)(C)C)C(=O)N1C[C@H](NC(=O)CC[Si](C)(C)C)CC1C(=O)NC1(C(=O)OCC)CC1C=C. The van der Waals surface area contributed by atoms with E-state index in [0.717, 1.165) is 25.3 Å². The zero-order valence-electron chi connectivity index (χ0n) is 28.5. The fraction of sp³-hybridized carbons (Fsp3) is 0.727. The zero-order valence-corrected chi connectivity index (χ0v) is 29.5. The van der Waals surface area contributed by atoms with Gasteiger partial charge in [0.2, 0.25) is 17.7 Å². The van der Waals surface area contributed by atoms with Gasteiger partial charge in [-0.2, -0.15) is 0 Å². The molecule has 3 N–H and O–H groups in total. The molecular weight excluding hydrogens is 592 g/mol. The number of nitrogens with zero attached hydrogens (tertiary/aromatic N) is 1. The largest absolute Gasteiger partial charge is 0.464 e. The molecule has 0 spiro atoms. The molecule has 0 radical (unpaired) electrons. The molecule has 2 rings (SSSR count). The molecule has 1 aliphatic carbocycles. The molecule has 3 unspecified atom stereocenters. The molecule has 0 bridgehead atoms. The molecule has 254 valence electrons. The van der Waals surface area contributed by atoms with Crippen LogP contribution >= 0.6 is 0 Å². The van der Waals surface area contributed by atoms with E-state index in [2.05, 4.69) is 48.7 Å². The van der Waals surface area contributed by atoms with Crippen molar-refractivity contribution in [1.82, 2.24) is 20.9 Å².